The van der Waals surface area contributed by atoms with Crippen molar-refractivity contribution in [1.29, 1.82) is 0 Å². The summed E-state index contributed by atoms with van der Waals surface area (Å²) in [6.07, 6.45) is 3.20. The average molecular weight is 312 g/mol. The van der Waals surface area contributed by atoms with Crippen molar-refractivity contribution in [2.24, 2.45) is 0 Å². The molecule has 1 N–H and O–H groups in total. The largest absolute Gasteiger partial charge is 0.325 e. The van der Waals surface area contributed by atoms with Gasteiger partial charge in [-0.15, -0.1) is 0 Å². The van der Waals surface area contributed by atoms with Gasteiger partial charge in [0.05, 0.1) is 6.54 Å². The maximum Gasteiger partial charge on any atom is 0.238 e. The van der Waals surface area contributed by atoms with Crippen LogP contribution in [0.5, 0.6) is 0 Å². The number of hydrogen-bond acceptors (Lipinski definition) is 2. The number of hydrogen-bond donors (Lipinski definition) is 1. The third-order valence-electron chi connectivity index (χ3n) is 4.27. The third kappa shape index (κ3) is 4.39. The first kappa shape index (κ1) is 15.7. The maximum atomic E-state index is 13.2. The minimum Gasteiger partial charge on any atom is -0.325 e. The standard InChI is InChI=1S/C19H21FN2O/c20-16-8-4-9-17(13-16)21-19(23)14-22-11-5-10-18(22)12-15-6-2-1-3-7-15/h1-4,6-9,13,18H,5,10-12,14H2,(H,21,23). The van der Waals surface area contributed by atoms with E-state index in [4.69, 9.17) is 0 Å². The topological polar surface area (TPSA) is 32.3 Å². The molecule has 2 aromatic carbocycles. The molecular weight excluding hydrogens is 291 g/mol. The fraction of sp³-hybridized carbons (Fsp3) is 0.316. The second-order valence-electron chi connectivity index (χ2n) is 6.01. The van der Waals surface area contributed by atoms with E-state index >= 15 is 0 Å². The number of nitrogens with one attached hydrogen (secondary N) is 1. The monoisotopic (exact) mass is 312 g/mol. The quantitative estimate of drug-likeness (QED) is 0.917. The van der Waals surface area contributed by atoms with Gasteiger partial charge in [-0.2, -0.15) is 0 Å². The molecule has 1 amide bonds. The zero-order valence-corrected chi connectivity index (χ0v) is 13.0. The molecule has 3 nitrogen and oxygen atoms in total. The van der Waals surface area contributed by atoms with Crippen molar-refractivity contribution in [3.63, 3.8) is 0 Å². The van der Waals surface area contributed by atoms with Crippen molar-refractivity contribution in [2.75, 3.05) is 18.4 Å². The SMILES string of the molecule is O=C(CN1CCCC1Cc1ccccc1)Nc1cccc(F)c1. The van der Waals surface area contributed by atoms with Crippen LogP contribution in [0.1, 0.15) is 18.4 Å². The zero-order chi connectivity index (χ0) is 16.1. The van der Waals surface area contributed by atoms with E-state index in [2.05, 4.69) is 22.3 Å². The summed E-state index contributed by atoms with van der Waals surface area (Å²) in [5.74, 6) is -0.429. The number of rotatable bonds is 5. The second kappa shape index (κ2) is 7.38. The van der Waals surface area contributed by atoms with Crippen molar-refractivity contribution in [2.45, 2.75) is 25.3 Å². The number of anilines is 1. The number of halogens is 1. The van der Waals surface area contributed by atoms with E-state index in [0.29, 0.717) is 18.3 Å². The lowest BCUT2D eigenvalue weighted by atomic mass is 10.0. The Morgan fingerprint density at radius 2 is 2.00 bits per heavy atom. The average Bonchev–Trinajstić information content (AvgIpc) is 2.95. The Morgan fingerprint density at radius 3 is 2.78 bits per heavy atom. The van der Waals surface area contributed by atoms with E-state index in [1.54, 1.807) is 12.1 Å². The fourth-order valence-electron chi connectivity index (χ4n) is 3.17. The van der Waals surface area contributed by atoms with E-state index in [-0.39, 0.29) is 11.7 Å². The van der Waals surface area contributed by atoms with Gasteiger partial charge in [0.2, 0.25) is 5.91 Å². The van der Waals surface area contributed by atoms with Gasteiger partial charge in [-0.1, -0.05) is 36.4 Å². The summed E-state index contributed by atoms with van der Waals surface area (Å²) in [4.78, 5) is 14.4. The minimum atomic E-state index is -0.342. The van der Waals surface area contributed by atoms with Gasteiger partial charge in [-0.3, -0.25) is 9.69 Å². The first-order valence-corrected chi connectivity index (χ1v) is 8.04. The van der Waals surface area contributed by atoms with E-state index in [0.717, 1.165) is 25.8 Å². The van der Waals surface area contributed by atoms with E-state index in [1.165, 1.54) is 17.7 Å². The Morgan fingerprint density at radius 1 is 1.17 bits per heavy atom. The summed E-state index contributed by atoms with van der Waals surface area (Å²) in [6.45, 7) is 1.29. The Hall–Kier alpha value is -2.20. The first-order chi connectivity index (χ1) is 11.2. The first-order valence-electron chi connectivity index (χ1n) is 8.04. The number of amides is 1. The molecule has 3 rings (SSSR count). The summed E-state index contributed by atoms with van der Waals surface area (Å²) < 4.78 is 13.2. The van der Waals surface area contributed by atoms with Gasteiger partial charge in [0.25, 0.3) is 0 Å². The van der Waals surface area contributed by atoms with Gasteiger partial charge < -0.3 is 5.32 Å². The van der Waals surface area contributed by atoms with Gasteiger partial charge in [0.1, 0.15) is 5.82 Å². The van der Waals surface area contributed by atoms with Crippen LogP contribution in [-0.2, 0) is 11.2 Å². The summed E-state index contributed by atoms with van der Waals surface area (Å²) in [5, 5.41) is 2.77. The van der Waals surface area contributed by atoms with Crippen LogP contribution in [0.4, 0.5) is 10.1 Å². The van der Waals surface area contributed by atoms with E-state index in [1.807, 2.05) is 18.2 Å². The number of carbonyl (C=O) groups excluding carboxylic acids is 1. The molecule has 1 saturated heterocycles. The molecule has 2 aromatic rings. The van der Waals surface area contributed by atoms with Crippen molar-refractivity contribution in [3.8, 4) is 0 Å². The van der Waals surface area contributed by atoms with Crippen molar-refractivity contribution in [3.05, 3.63) is 66.0 Å². The normalized spacial score (nSPS) is 18.0. The molecule has 0 saturated carbocycles. The smallest absolute Gasteiger partial charge is 0.238 e. The highest BCUT2D eigenvalue weighted by Crippen LogP contribution is 2.21. The van der Waals surface area contributed by atoms with Crippen LogP contribution >= 0.6 is 0 Å². The molecule has 1 aliphatic heterocycles. The molecule has 1 unspecified atom stereocenters. The van der Waals surface area contributed by atoms with Gasteiger partial charge in [-0.05, 0) is 49.6 Å². The number of nitrogens with zero attached hydrogens (tertiary/aromatic N) is 1. The molecule has 0 radical (unpaired) electrons. The van der Waals surface area contributed by atoms with Crippen LogP contribution < -0.4 is 5.32 Å². The Kier molecular flexibility index (Phi) is 5.03. The third-order valence-corrected chi connectivity index (χ3v) is 4.27. The van der Waals surface area contributed by atoms with Crippen molar-refractivity contribution in [1.82, 2.24) is 4.90 Å². The molecule has 1 heterocycles. The summed E-state index contributed by atoms with van der Waals surface area (Å²) >= 11 is 0. The molecule has 0 bridgehead atoms. The molecule has 4 heteroatoms. The summed E-state index contributed by atoms with van der Waals surface area (Å²) in [7, 11) is 0. The predicted molar refractivity (Wildman–Crippen MR) is 89.8 cm³/mol. The van der Waals surface area contributed by atoms with Crippen LogP contribution in [0.15, 0.2) is 54.6 Å². The molecular formula is C19H21FN2O. The Labute approximate surface area is 136 Å². The summed E-state index contributed by atoms with van der Waals surface area (Å²) in [5.41, 5.74) is 1.81. The molecule has 1 atom stereocenters. The van der Waals surface area contributed by atoms with E-state index < -0.39 is 0 Å². The van der Waals surface area contributed by atoms with Gasteiger partial charge in [0.15, 0.2) is 0 Å². The van der Waals surface area contributed by atoms with Gasteiger partial charge >= 0.3 is 0 Å². The number of benzene rings is 2. The molecule has 1 aliphatic rings. The molecule has 23 heavy (non-hydrogen) atoms. The minimum absolute atomic E-state index is 0.0874. The lowest BCUT2D eigenvalue weighted by molar-refractivity contribution is -0.117. The highest BCUT2D eigenvalue weighted by molar-refractivity contribution is 5.92. The highest BCUT2D eigenvalue weighted by atomic mass is 19.1. The highest BCUT2D eigenvalue weighted by Gasteiger charge is 2.26. The second-order valence-corrected chi connectivity index (χ2v) is 6.01. The number of likely N-dealkylation sites (tertiary alicyclic amines) is 1. The fourth-order valence-corrected chi connectivity index (χ4v) is 3.17. The van der Waals surface area contributed by atoms with E-state index in [9.17, 15) is 9.18 Å². The molecule has 0 aliphatic carbocycles. The zero-order valence-electron chi connectivity index (χ0n) is 13.0. The Balaban J connectivity index is 1.56. The predicted octanol–water partition coefficient (Wildman–Crippen LogP) is 3.47. The molecule has 1 fully saturated rings. The maximum absolute atomic E-state index is 13.2. The molecule has 0 spiro atoms. The Bertz CT molecular complexity index is 659. The van der Waals surface area contributed by atoms with Crippen LogP contribution in [-0.4, -0.2) is 29.9 Å². The number of carbonyl (C=O) groups is 1. The van der Waals surface area contributed by atoms with Crippen LogP contribution in [0, 0.1) is 5.82 Å². The van der Waals surface area contributed by atoms with Gasteiger partial charge in [0, 0.05) is 11.7 Å². The van der Waals surface area contributed by atoms with Crippen molar-refractivity contribution >= 4 is 11.6 Å². The lowest BCUT2D eigenvalue weighted by Gasteiger charge is -2.24. The van der Waals surface area contributed by atoms with Crippen LogP contribution in [0.25, 0.3) is 0 Å². The molecule has 0 aromatic heterocycles. The van der Waals surface area contributed by atoms with Crippen molar-refractivity contribution < 1.29 is 9.18 Å². The van der Waals surface area contributed by atoms with Crippen LogP contribution in [0.3, 0.4) is 0 Å². The van der Waals surface area contributed by atoms with Crippen LogP contribution in [0.2, 0.25) is 0 Å². The van der Waals surface area contributed by atoms with Gasteiger partial charge in [-0.25, -0.2) is 4.39 Å². The lowest BCUT2D eigenvalue weighted by Crippen LogP contribution is -2.37. The molecule has 120 valence electrons. The summed E-state index contributed by atoms with van der Waals surface area (Å²) in [6, 6.07) is 16.8.